The van der Waals surface area contributed by atoms with Crippen LogP contribution in [0.25, 0.3) is 0 Å². The zero-order valence-corrected chi connectivity index (χ0v) is 10.4. The van der Waals surface area contributed by atoms with Gasteiger partial charge in [-0.25, -0.2) is 0 Å². The van der Waals surface area contributed by atoms with Gasteiger partial charge >= 0.3 is 0 Å². The second kappa shape index (κ2) is 6.49. The molecule has 1 aliphatic rings. The Kier molecular flexibility index (Phi) is 5.62. The zero-order chi connectivity index (χ0) is 11.3. The van der Waals surface area contributed by atoms with E-state index in [9.17, 15) is 5.11 Å². The summed E-state index contributed by atoms with van der Waals surface area (Å²) in [5.41, 5.74) is 0. The van der Waals surface area contributed by atoms with Crippen molar-refractivity contribution in [1.82, 2.24) is 0 Å². The smallest absolute Gasteiger partial charge is 0.0801 e. The maximum absolute atomic E-state index is 10.0. The molecule has 0 amide bonds. The molecule has 0 aliphatic heterocycles. The molecule has 15 heavy (non-hydrogen) atoms. The minimum Gasteiger partial charge on any atom is -0.390 e. The van der Waals surface area contributed by atoms with Crippen molar-refractivity contribution in [3.8, 4) is 0 Å². The first-order chi connectivity index (χ1) is 7.13. The second-order valence-electron chi connectivity index (χ2n) is 5.32. The Labute approximate surface area is 94.0 Å². The van der Waals surface area contributed by atoms with Gasteiger partial charge in [0.15, 0.2) is 0 Å². The van der Waals surface area contributed by atoms with Gasteiger partial charge in [0, 0.05) is 6.61 Å². The highest BCUT2D eigenvalue weighted by Crippen LogP contribution is 2.34. The van der Waals surface area contributed by atoms with E-state index in [0.717, 1.165) is 24.9 Å². The SMILES string of the molecule is CCCOCC(O)C1CC(C)CC(C)C1. The van der Waals surface area contributed by atoms with Crippen LogP contribution in [-0.4, -0.2) is 24.4 Å². The maximum Gasteiger partial charge on any atom is 0.0801 e. The van der Waals surface area contributed by atoms with Crippen molar-refractivity contribution in [2.75, 3.05) is 13.2 Å². The quantitative estimate of drug-likeness (QED) is 0.713. The lowest BCUT2D eigenvalue weighted by molar-refractivity contribution is -0.0166. The summed E-state index contributed by atoms with van der Waals surface area (Å²) < 4.78 is 5.42. The standard InChI is InChI=1S/C13H26O2/c1-4-5-15-9-13(14)12-7-10(2)6-11(3)8-12/h10-14H,4-9H2,1-3H3. The predicted molar refractivity (Wildman–Crippen MR) is 62.8 cm³/mol. The van der Waals surface area contributed by atoms with Crippen molar-refractivity contribution in [1.29, 1.82) is 0 Å². The maximum atomic E-state index is 10.0. The van der Waals surface area contributed by atoms with Gasteiger partial charge in [-0.1, -0.05) is 20.8 Å². The summed E-state index contributed by atoms with van der Waals surface area (Å²) in [6.07, 6.45) is 4.44. The molecular formula is C13H26O2. The van der Waals surface area contributed by atoms with Gasteiger partial charge in [0.2, 0.25) is 0 Å². The van der Waals surface area contributed by atoms with Crippen molar-refractivity contribution < 1.29 is 9.84 Å². The third-order valence-corrected chi connectivity index (χ3v) is 3.40. The number of aliphatic hydroxyl groups excluding tert-OH is 1. The van der Waals surface area contributed by atoms with E-state index in [-0.39, 0.29) is 6.10 Å². The summed E-state index contributed by atoms with van der Waals surface area (Å²) in [4.78, 5) is 0. The van der Waals surface area contributed by atoms with Gasteiger partial charge in [0.25, 0.3) is 0 Å². The van der Waals surface area contributed by atoms with Crippen LogP contribution >= 0.6 is 0 Å². The first kappa shape index (κ1) is 13.0. The molecule has 1 N–H and O–H groups in total. The van der Waals surface area contributed by atoms with E-state index < -0.39 is 0 Å². The average molecular weight is 214 g/mol. The largest absolute Gasteiger partial charge is 0.390 e. The van der Waals surface area contributed by atoms with E-state index >= 15 is 0 Å². The Balaban J connectivity index is 2.28. The van der Waals surface area contributed by atoms with Crippen LogP contribution in [-0.2, 0) is 4.74 Å². The number of hydrogen-bond acceptors (Lipinski definition) is 2. The van der Waals surface area contributed by atoms with Crippen LogP contribution < -0.4 is 0 Å². The van der Waals surface area contributed by atoms with E-state index in [0.29, 0.717) is 12.5 Å². The Bertz CT molecular complexity index is 160. The molecule has 1 saturated carbocycles. The summed E-state index contributed by atoms with van der Waals surface area (Å²) in [6, 6.07) is 0. The lowest BCUT2D eigenvalue weighted by Crippen LogP contribution is -2.32. The van der Waals surface area contributed by atoms with E-state index in [1.807, 2.05) is 0 Å². The third kappa shape index (κ3) is 4.52. The normalized spacial score (nSPS) is 34.0. The molecule has 2 nitrogen and oxygen atoms in total. The van der Waals surface area contributed by atoms with Crippen molar-refractivity contribution in [2.45, 2.75) is 52.6 Å². The minimum absolute atomic E-state index is 0.248. The molecule has 1 aliphatic carbocycles. The fourth-order valence-electron chi connectivity index (χ4n) is 2.81. The Hall–Kier alpha value is -0.0800. The molecular weight excluding hydrogens is 188 g/mol. The molecule has 0 radical (unpaired) electrons. The van der Waals surface area contributed by atoms with E-state index in [2.05, 4.69) is 20.8 Å². The van der Waals surface area contributed by atoms with Crippen LogP contribution in [0.2, 0.25) is 0 Å². The minimum atomic E-state index is -0.248. The monoisotopic (exact) mass is 214 g/mol. The molecule has 0 aromatic rings. The average Bonchev–Trinajstić information content (AvgIpc) is 2.16. The molecule has 1 fully saturated rings. The molecule has 90 valence electrons. The fraction of sp³-hybridized carbons (Fsp3) is 1.00. The Morgan fingerprint density at radius 2 is 1.80 bits per heavy atom. The molecule has 1 rings (SSSR count). The molecule has 0 saturated heterocycles. The number of rotatable bonds is 5. The predicted octanol–water partition coefficient (Wildman–Crippen LogP) is 2.85. The van der Waals surface area contributed by atoms with E-state index in [1.165, 1.54) is 19.3 Å². The highest BCUT2D eigenvalue weighted by Gasteiger charge is 2.28. The molecule has 0 heterocycles. The summed E-state index contributed by atoms with van der Waals surface area (Å²) in [6.45, 7) is 7.98. The van der Waals surface area contributed by atoms with Crippen molar-refractivity contribution in [3.63, 3.8) is 0 Å². The van der Waals surface area contributed by atoms with Crippen molar-refractivity contribution in [3.05, 3.63) is 0 Å². The lowest BCUT2D eigenvalue weighted by Gasteiger charge is -2.34. The molecule has 0 spiro atoms. The first-order valence-corrected chi connectivity index (χ1v) is 6.39. The molecule has 3 atom stereocenters. The van der Waals surface area contributed by atoms with Gasteiger partial charge in [-0.3, -0.25) is 0 Å². The van der Waals surface area contributed by atoms with Gasteiger partial charge in [0.1, 0.15) is 0 Å². The highest BCUT2D eigenvalue weighted by atomic mass is 16.5. The van der Waals surface area contributed by atoms with Gasteiger partial charge in [-0.2, -0.15) is 0 Å². The number of aliphatic hydroxyl groups is 1. The topological polar surface area (TPSA) is 29.5 Å². The van der Waals surface area contributed by atoms with Crippen LogP contribution in [0, 0.1) is 17.8 Å². The van der Waals surface area contributed by atoms with Crippen LogP contribution in [0.15, 0.2) is 0 Å². The first-order valence-electron chi connectivity index (χ1n) is 6.39. The summed E-state index contributed by atoms with van der Waals surface area (Å²) >= 11 is 0. The van der Waals surface area contributed by atoms with Crippen molar-refractivity contribution >= 4 is 0 Å². The van der Waals surface area contributed by atoms with Gasteiger partial charge < -0.3 is 9.84 Å². The van der Waals surface area contributed by atoms with E-state index in [1.54, 1.807) is 0 Å². The molecule has 0 aromatic heterocycles. The third-order valence-electron chi connectivity index (χ3n) is 3.40. The van der Waals surface area contributed by atoms with Crippen LogP contribution in [0.1, 0.15) is 46.5 Å². The number of ether oxygens (including phenoxy) is 1. The lowest BCUT2D eigenvalue weighted by atomic mass is 9.74. The second-order valence-corrected chi connectivity index (χ2v) is 5.32. The van der Waals surface area contributed by atoms with Gasteiger partial charge in [0.05, 0.1) is 12.7 Å². The summed E-state index contributed by atoms with van der Waals surface area (Å²) in [5.74, 6) is 1.99. The van der Waals surface area contributed by atoms with Gasteiger partial charge in [-0.05, 0) is 43.4 Å². The summed E-state index contributed by atoms with van der Waals surface area (Å²) in [5, 5.41) is 10.0. The zero-order valence-electron chi connectivity index (χ0n) is 10.4. The highest BCUT2D eigenvalue weighted by molar-refractivity contribution is 4.79. The molecule has 0 bridgehead atoms. The fourth-order valence-corrected chi connectivity index (χ4v) is 2.81. The van der Waals surface area contributed by atoms with Crippen molar-refractivity contribution in [2.24, 2.45) is 17.8 Å². The number of hydrogen-bond donors (Lipinski definition) is 1. The Morgan fingerprint density at radius 1 is 1.20 bits per heavy atom. The molecule has 3 unspecified atom stereocenters. The van der Waals surface area contributed by atoms with Crippen LogP contribution in [0.3, 0.4) is 0 Å². The Morgan fingerprint density at radius 3 is 2.33 bits per heavy atom. The molecule has 0 aromatic carbocycles. The van der Waals surface area contributed by atoms with Gasteiger partial charge in [-0.15, -0.1) is 0 Å². The molecule has 2 heteroatoms. The van der Waals surface area contributed by atoms with Crippen LogP contribution in [0.5, 0.6) is 0 Å². The van der Waals surface area contributed by atoms with E-state index in [4.69, 9.17) is 4.74 Å². The summed E-state index contributed by atoms with van der Waals surface area (Å²) in [7, 11) is 0. The van der Waals surface area contributed by atoms with Crippen LogP contribution in [0.4, 0.5) is 0 Å².